The van der Waals surface area contributed by atoms with E-state index in [2.05, 4.69) is 14.9 Å². The molecule has 3 aromatic rings. The lowest BCUT2D eigenvalue weighted by atomic mass is 10.1. The van der Waals surface area contributed by atoms with Crippen molar-refractivity contribution in [3.05, 3.63) is 66.5 Å². The molecule has 1 aromatic heterocycles. The molecule has 140 valence electrons. The summed E-state index contributed by atoms with van der Waals surface area (Å²) in [6.07, 6.45) is 2.36. The molecule has 0 aliphatic carbocycles. The molecule has 0 spiro atoms. The van der Waals surface area contributed by atoms with Crippen LogP contribution in [0.25, 0.3) is 0 Å². The molecule has 1 heterocycles. The minimum absolute atomic E-state index is 0.518. The van der Waals surface area contributed by atoms with Crippen LogP contribution in [-0.4, -0.2) is 37.8 Å². The number of rotatable bonds is 8. The second-order valence-electron chi connectivity index (χ2n) is 5.99. The number of aromatic nitrogens is 2. The van der Waals surface area contributed by atoms with Crippen LogP contribution in [-0.2, 0) is 6.42 Å². The number of benzene rings is 2. The first-order valence-corrected chi connectivity index (χ1v) is 8.66. The fourth-order valence-corrected chi connectivity index (χ4v) is 2.65. The number of ether oxygens (including phenoxy) is 3. The van der Waals surface area contributed by atoms with Gasteiger partial charge in [-0.15, -0.1) is 0 Å². The third-order valence-corrected chi connectivity index (χ3v) is 4.17. The Morgan fingerprint density at radius 3 is 2.41 bits per heavy atom. The molecule has 3 rings (SSSR count). The Hall–Kier alpha value is -3.28. The number of methoxy groups -OCH3 is 2. The summed E-state index contributed by atoms with van der Waals surface area (Å²) in [5.74, 6) is 3.53. The quantitative estimate of drug-likeness (QED) is 0.602. The number of hydrogen-bond donors (Lipinski definition) is 0. The summed E-state index contributed by atoms with van der Waals surface area (Å²) in [6.45, 7) is 0.789. The van der Waals surface area contributed by atoms with Crippen molar-refractivity contribution < 1.29 is 14.2 Å². The predicted molar refractivity (Wildman–Crippen MR) is 105 cm³/mol. The fraction of sp³-hybridized carbons (Fsp3) is 0.238. The summed E-state index contributed by atoms with van der Waals surface area (Å²) in [5.41, 5.74) is 1.16. The van der Waals surface area contributed by atoms with Crippen molar-refractivity contribution in [3.8, 4) is 23.1 Å². The van der Waals surface area contributed by atoms with E-state index in [4.69, 9.17) is 14.2 Å². The molecule has 0 unspecified atom stereocenters. The first-order chi connectivity index (χ1) is 13.2. The molecule has 0 saturated carbocycles. The van der Waals surface area contributed by atoms with E-state index >= 15 is 0 Å². The summed E-state index contributed by atoms with van der Waals surface area (Å²) in [5, 5.41) is 0. The largest absolute Gasteiger partial charge is 0.493 e. The van der Waals surface area contributed by atoms with E-state index in [0.29, 0.717) is 5.88 Å². The average Bonchev–Trinajstić information content (AvgIpc) is 2.72. The molecule has 27 heavy (non-hydrogen) atoms. The second kappa shape index (κ2) is 8.89. The topological polar surface area (TPSA) is 56.7 Å². The summed E-state index contributed by atoms with van der Waals surface area (Å²) >= 11 is 0. The van der Waals surface area contributed by atoms with Crippen molar-refractivity contribution in [1.29, 1.82) is 0 Å². The zero-order chi connectivity index (χ0) is 19.1. The van der Waals surface area contributed by atoms with E-state index in [1.54, 1.807) is 14.2 Å². The number of hydrogen-bond acceptors (Lipinski definition) is 6. The smallest absolute Gasteiger partial charge is 0.224 e. The highest BCUT2D eigenvalue weighted by Crippen LogP contribution is 2.28. The van der Waals surface area contributed by atoms with Gasteiger partial charge in [-0.25, -0.2) is 9.97 Å². The fourth-order valence-electron chi connectivity index (χ4n) is 2.65. The summed E-state index contributed by atoms with van der Waals surface area (Å²) < 4.78 is 16.4. The molecule has 0 saturated heterocycles. The van der Waals surface area contributed by atoms with E-state index in [1.165, 1.54) is 6.33 Å². The van der Waals surface area contributed by atoms with Crippen LogP contribution in [0.5, 0.6) is 23.1 Å². The standard InChI is InChI=1S/C21H23N3O3/c1-24(12-11-16-9-10-18(25-2)19(13-16)26-3)20-14-21(23-15-22-20)27-17-7-5-4-6-8-17/h4-10,13-15H,11-12H2,1-3H3. The van der Waals surface area contributed by atoms with Crippen LogP contribution in [0.2, 0.25) is 0 Å². The van der Waals surface area contributed by atoms with Crippen LogP contribution >= 0.6 is 0 Å². The maximum Gasteiger partial charge on any atom is 0.224 e. The zero-order valence-electron chi connectivity index (χ0n) is 15.8. The molecule has 0 aliphatic rings. The van der Waals surface area contributed by atoms with Crippen molar-refractivity contribution in [3.63, 3.8) is 0 Å². The normalized spacial score (nSPS) is 10.3. The van der Waals surface area contributed by atoms with Crippen LogP contribution in [0, 0.1) is 0 Å². The van der Waals surface area contributed by atoms with Crippen molar-refractivity contribution >= 4 is 5.82 Å². The molecule has 0 atom stereocenters. The summed E-state index contributed by atoms with van der Waals surface area (Å²) in [4.78, 5) is 10.6. The molecule has 0 amide bonds. The number of likely N-dealkylation sites (N-methyl/N-ethyl adjacent to an activating group) is 1. The number of para-hydroxylation sites is 1. The van der Waals surface area contributed by atoms with Crippen molar-refractivity contribution in [2.24, 2.45) is 0 Å². The first-order valence-electron chi connectivity index (χ1n) is 8.66. The second-order valence-corrected chi connectivity index (χ2v) is 5.99. The van der Waals surface area contributed by atoms with Crippen LogP contribution in [0.4, 0.5) is 5.82 Å². The van der Waals surface area contributed by atoms with Gasteiger partial charge < -0.3 is 19.1 Å². The highest BCUT2D eigenvalue weighted by Gasteiger charge is 2.09. The minimum atomic E-state index is 0.518. The maximum atomic E-state index is 5.78. The van der Waals surface area contributed by atoms with E-state index < -0.39 is 0 Å². The van der Waals surface area contributed by atoms with Gasteiger partial charge in [-0.2, -0.15) is 0 Å². The van der Waals surface area contributed by atoms with Crippen LogP contribution in [0.15, 0.2) is 60.9 Å². The van der Waals surface area contributed by atoms with E-state index in [1.807, 2.05) is 61.6 Å². The highest BCUT2D eigenvalue weighted by molar-refractivity contribution is 5.44. The maximum absolute atomic E-state index is 5.78. The van der Waals surface area contributed by atoms with Gasteiger partial charge in [-0.1, -0.05) is 24.3 Å². The molecule has 6 nitrogen and oxygen atoms in total. The van der Waals surface area contributed by atoms with E-state index in [9.17, 15) is 0 Å². The van der Waals surface area contributed by atoms with Crippen molar-refractivity contribution in [2.45, 2.75) is 6.42 Å². The minimum Gasteiger partial charge on any atom is -0.493 e. The molecule has 0 fully saturated rings. The average molecular weight is 365 g/mol. The summed E-state index contributed by atoms with van der Waals surface area (Å²) in [6, 6.07) is 17.4. The van der Waals surface area contributed by atoms with Crippen LogP contribution in [0.3, 0.4) is 0 Å². The molecule has 0 bridgehead atoms. The Kier molecular flexibility index (Phi) is 6.10. The number of anilines is 1. The predicted octanol–water partition coefficient (Wildman–Crippen LogP) is 3.97. The van der Waals surface area contributed by atoms with Gasteiger partial charge in [-0.05, 0) is 36.2 Å². The van der Waals surface area contributed by atoms with Crippen molar-refractivity contribution in [1.82, 2.24) is 9.97 Å². The molecule has 0 aliphatic heterocycles. The Morgan fingerprint density at radius 2 is 1.67 bits per heavy atom. The van der Waals surface area contributed by atoms with Gasteiger partial charge in [-0.3, -0.25) is 0 Å². The zero-order valence-corrected chi connectivity index (χ0v) is 15.8. The molecular weight excluding hydrogens is 342 g/mol. The summed E-state index contributed by atoms with van der Waals surface area (Å²) in [7, 11) is 5.27. The van der Waals surface area contributed by atoms with E-state index in [0.717, 1.165) is 41.6 Å². The van der Waals surface area contributed by atoms with Gasteiger partial charge in [0, 0.05) is 19.7 Å². The lowest BCUT2D eigenvalue weighted by Gasteiger charge is -2.19. The van der Waals surface area contributed by atoms with Crippen LogP contribution in [0.1, 0.15) is 5.56 Å². The third kappa shape index (κ3) is 4.88. The lowest BCUT2D eigenvalue weighted by Crippen LogP contribution is -2.21. The van der Waals surface area contributed by atoms with Gasteiger partial charge in [0.15, 0.2) is 11.5 Å². The first kappa shape index (κ1) is 18.5. The monoisotopic (exact) mass is 365 g/mol. The molecule has 0 N–H and O–H groups in total. The SMILES string of the molecule is COc1ccc(CCN(C)c2cc(Oc3ccccc3)ncn2)cc1OC. The molecule has 6 heteroatoms. The highest BCUT2D eigenvalue weighted by atomic mass is 16.5. The van der Waals surface area contributed by atoms with Crippen LogP contribution < -0.4 is 19.1 Å². The Labute approximate surface area is 159 Å². The van der Waals surface area contributed by atoms with E-state index in [-0.39, 0.29) is 0 Å². The van der Waals surface area contributed by atoms with Gasteiger partial charge in [0.05, 0.1) is 14.2 Å². The Bertz CT molecular complexity index is 872. The van der Waals surface area contributed by atoms with Gasteiger partial charge in [0.1, 0.15) is 17.9 Å². The Morgan fingerprint density at radius 1 is 0.889 bits per heavy atom. The third-order valence-electron chi connectivity index (χ3n) is 4.17. The molecule has 2 aromatic carbocycles. The number of nitrogens with zero attached hydrogens (tertiary/aromatic N) is 3. The van der Waals surface area contributed by atoms with Gasteiger partial charge in [0.25, 0.3) is 0 Å². The van der Waals surface area contributed by atoms with Gasteiger partial charge in [0.2, 0.25) is 5.88 Å². The molecule has 0 radical (unpaired) electrons. The van der Waals surface area contributed by atoms with Crippen molar-refractivity contribution in [2.75, 3.05) is 32.7 Å². The van der Waals surface area contributed by atoms with Gasteiger partial charge >= 0.3 is 0 Å². The lowest BCUT2D eigenvalue weighted by molar-refractivity contribution is 0.354. The Balaban J connectivity index is 1.64. The molecular formula is C21H23N3O3.